The lowest BCUT2D eigenvalue weighted by Gasteiger charge is -2.19. The first-order valence-corrected chi connectivity index (χ1v) is 11.7. The van der Waals surface area contributed by atoms with Crippen molar-refractivity contribution >= 4 is 58.2 Å². The van der Waals surface area contributed by atoms with Crippen molar-refractivity contribution in [3.63, 3.8) is 0 Å². The van der Waals surface area contributed by atoms with Crippen LogP contribution in [0.3, 0.4) is 0 Å². The highest BCUT2D eigenvalue weighted by atomic mass is 35.5. The Morgan fingerprint density at radius 2 is 1.74 bits per heavy atom. The maximum absolute atomic E-state index is 13.5. The van der Waals surface area contributed by atoms with E-state index in [2.05, 4.69) is 5.32 Å². The third kappa shape index (κ3) is 5.10. The maximum Gasteiger partial charge on any atom is 0.269 e. The Morgan fingerprint density at radius 3 is 2.38 bits per heavy atom. The molecule has 34 heavy (non-hydrogen) atoms. The van der Waals surface area contributed by atoms with E-state index in [1.54, 1.807) is 36.4 Å². The van der Waals surface area contributed by atoms with Crippen LogP contribution in [0, 0.1) is 17.1 Å². The monoisotopic (exact) mass is 511 g/mol. The molecule has 2 amide bonds. The van der Waals surface area contributed by atoms with Gasteiger partial charge in [-0.25, -0.2) is 4.39 Å². The number of thioether (sulfide) groups is 1. The molecule has 1 saturated heterocycles. The van der Waals surface area contributed by atoms with E-state index in [0.29, 0.717) is 27.8 Å². The minimum Gasteiger partial charge on any atom is -0.321 e. The SMILES string of the molecule is N#C/C(C(=O)Nc1ccc(F)cc1)=C1\SC(Cc2ccccc2Cl)C(=O)N1c1ccc(Cl)cc1. The second-order valence-corrected chi connectivity index (χ2v) is 9.34. The molecule has 1 aliphatic rings. The van der Waals surface area contributed by atoms with Crippen molar-refractivity contribution in [2.75, 3.05) is 10.2 Å². The van der Waals surface area contributed by atoms with Gasteiger partial charge >= 0.3 is 0 Å². The van der Waals surface area contributed by atoms with E-state index >= 15 is 0 Å². The molecule has 1 unspecified atom stereocenters. The lowest BCUT2D eigenvalue weighted by Crippen LogP contribution is -2.31. The number of nitrogens with one attached hydrogen (secondary N) is 1. The Labute approximate surface area is 209 Å². The summed E-state index contributed by atoms with van der Waals surface area (Å²) in [6.07, 6.45) is 0.315. The zero-order valence-corrected chi connectivity index (χ0v) is 19.8. The summed E-state index contributed by atoms with van der Waals surface area (Å²) in [6.45, 7) is 0. The number of halogens is 3. The number of nitriles is 1. The predicted octanol–water partition coefficient (Wildman–Crippen LogP) is 6.20. The first-order valence-electron chi connectivity index (χ1n) is 10.1. The fourth-order valence-electron chi connectivity index (χ4n) is 3.40. The molecular weight excluding hydrogens is 496 g/mol. The summed E-state index contributed by atoms with van der Waals surface area (Å²) >= 11 is 13.4. The summed E-state index contributed by atoms with van der Waals surface area (Å²) in [6, 6.07) is 20.8. The molecule has 9 heteroatoms. The van der Waals surface area contributed by atoms with Gasteiger partial charge in [-0.1, -0.05) is 53.2 Å². The van der Waals surface area contributed by atoms with Crippen LogP contribution in [0.2, 0.25) is 10.0 Å². The first-order chi connectivity index (χ1) is 16.4. The topological polar surface area (TPSA) is 73.2 Å². The number of amides is 2. The Kier molecular flexibility index (Phi) is 7.23. The maximum atomic E-state index is 13.5. The lowest BCUT2D eigenvalue weighted by molar-refractivity contribution is -0.117. The highest BCUT2D eigenvalue weighted by molar-refractivity contribution is 8.05. The summed E-state index contributed by atoms with van der Waals surface area (Å²) in [4.78, 5) is 27.8. The van der Waals surface area contributed by atoms with Gasteiger partial charge in [0.05, 0.1) is 5.25 Å². The molecule has 3 aromatic carbocycles. The number of hydrogen-bond acceptors (Lipinski definition) is 4. The molecule has 0 aromatic heterocycles. The number of carbonyl (C=O) groups is 2. The average molecular weight is 512 g/mol. The van der Waals surface area contributed by atoms with Gasteiger partial charge in [0.2, 0.25) is 5.91 Å². The fourth-order valence-corrected chi connectivity index (χ4v) is 5.04. The van der Waals surface area contributed by atoms with Crippen LogP contribution >= 0.6 is 35.0 Å². The second-order valence-electron chi connectivity index (χ2n) is 7.31. The van der Waals surface area contributed by atoms with Crippen molar-refractivity contribution in [2.24, 2.45) is 0 Å². The van der Waals surface area contributed by atoms with E-state index in [1.165, 1.54) is 29.2 Å². The van der Waals surface area contributed by atoms with Gasteiger partial charge in [0.1, 0.15) is 22.5 Å². The summed E-state index contributed by atoms with van der Waals surface area (Å²) in [5, 5.41) is 13.1. The van der Waals surface area contributed by atoms with Gasteiger partial charge in [-0.3, -0.25) is 14.5 Å². The van der Waals surface area contributed by atoms with E-state index in [-0.39, 0.29) is 16.5 Å². The van der Waals surface area contributed by atoms with Gasteiger partial charge in [0.25, 0.3) is 5.91 Å². The van der Waals surface area contributed by atoms with Crippen LogP contribution in [0.1, 0.15) is 5.56 Å². The van der Waals surface area contributed by atoms with Gasteiger partial charge in [0.15, 0.2) is 0 Å². The van der Waals surface area contributed by atoms with E-state index in [4.69, 9.17) is 23.2 Å². The number of nitrogens with zero attached hydrogens (tertiary/aromatic N) is 2. The lowest BCUT2D eigenvalue weighted by atomic mass is 10.1. The third-order valence-corrected chi connectivity index (χ3v) is 6.94. The molecule has 0 radical (unpaired) electrons. The summed E-state index contributed by atoms with van der Waals surface area (Å²) in [5.74, 6) is -1.45. The van der Waals surface area contributed by atoms with E-state index < -0.39 is 17.0 Å². The fraction of sp³-hybridized carbons (Fsp3) is 0.0800. The highest BCUT2D eigenvalue weighted by Gasteiger charge is 2.41. The molecule has 1 N–H and O–H groups in total. The van der Waals surface area contributed by atoms with Gasteiger partial charge in [-0.2, -0.15) is 5.26 Å². The van der Waals surface area contributed by atoms with Crippen molar-refractivity contribution in [3.05, 3.63) is 105 Å². The Hall–Kier alpha value is -3.31. The van der Waals surface area contributed by atoms with Crippen LogP contribution < -0.4 is 10.2 Å². The molecule has 1 fully saturated rings. The van der Waals surface area contributed by atoms with Crippen LogP contribution in [0.5, 0.6) is 0 Å². The minimum absolute atomic E-state index is 0.200. The molecule has 0 bridgehead atoms. The second kappa shape index (κ2) is 10.3. The zero-order chi connectivity index (χ0) is 24.2. The summed E-state index contributed by atoms with van der Waals surface area (Å²) < 4.78 is 13.2. The first kappa shape index (κ1) is 23.8. The van der Waals surface area contributed by atoms with Crippen molar-refractivity contribution < 1.29 is 14.0 Å². The van der Waals surface area contributed by atoms with Gasteiger partial charge in [-0.05, 0) is 66.6 Å². The number of hydrogen-bond donors (Lipinski definition) is 1. The largest absolute Gasteiger partial charge is 0.321 e. The molecule has 0 saturated carbocycles. The smallest absolute Gasteiger partial charge is 0.269 e. The normalized spacial score (nSPS) is 16.8. The predicted molar refractivity (Wildman–Crippen MR) is 133 cm³/mol. The highest BCUT2D eigenvalue weighted by Crippen LogP contribution is 2.42. The average Bonchev–Trinajstić information content (AvgIpc) is 3.13. The van der Waals surface area contributed by atoms with E-state index in [1.807, 2.05) is 18.2 Å². The number of benzene rings is 3. The molecule has 1 heterocycles. The number of carbonyl (C=O) groups excluding carboxylic acids is 2. The van der Waals surface area contributed by atoms with Gasteiger partial charge in [0, 0.05) is 21.4 Å². The molecule has 3 aromatic rings. The van der Waals surface area contributed by atoms with E-state index in [9.17, 15) is 19.2 Å². The Balaban J connectivity index is 1.73. The number of anilines is 2. The van der Waals surface area contributed by atoms with E-state index in [0.717, 1.165) is 17.3 Å². The van der Waals surface area contributed by atoms with Crippen molar-refractivity contribution in [1.29, 1.82) is 5.26 Å². The van der Waals surface area contributed by atoms with Crippen LogP contribution in [0.15, 0.2) is 83.4 Å². The number of rotatable bonds is 5. The van der Waals surface area contributed by atoms with Crippen LogP contribution in [0.25, 0.3) is 0 Å². The molecule has 4 rings (SSSR count). The molecule has 1 atom stereocenters. The van der Waals surface area contributed by atoms with Gasteiger partial charge < -0.3 is 5.32 Å². The van der Waals surface area contributed by atoms with Crippen molar-refractivity contribution in [3.8, 4) is 6.07 Å². The molecular formula is C25H16Cl2FN3O2S. The standard InChI is InChI=1S/C25H16Cl2FN3O2S/c26-16-5-11-19(12-6-16)31-24(33)22(13-15-3-1-2-4-21(15)27)34-25(31)20(14-29)23(32)30-18-9-7-17(28)8-10-18/h1-12,22H,13H2,(H,30,32)/b25-20+. The minimum atomic E-state index is -0.707. The quantitative estimate of drug-likeness (QED) is 0.327. The molecule has 0 spiro atoms. The Bertz CT molecular complexity index is 1320. The third-order valence-electron chi connectivity index (χ3n) is 5.06. The molecule has 0 aliphatic carbocycles. The molecule has 170 valence electrons. The van der Waals surface area contributed by atoms with Crippen molar-refractivity contribution in [2.45, 2.75) is 11.7 Å². The Morgan fingerprint density at radius 1 is 1.06 bits per heavy atom. The zero-order valence-electron chi connectivity index (χ0n) is 17.5. The molecule has 5 nitrogen and oxygen atoms in total. The van der Waals surface area contributed by atoms with Gasteiger partial charge in [-0.15, -0.1) is 0 Å². The summed E-state index contributed by atoms with van der Waals surface area (Å²) in [5.41, 5.74) is 1.33. The van der Waals surface area contributed by atoms with Crippen molar-refractivity contribution in [1.82, 2.24) is 0 Å². The summed E-state index contributed by atoms with van der Waals surface area (Å²) in [7, 11) is 0. The van der Waals surface area contributed by atoms with Crippen LogP contribution in [0.4, 0.5) is 15.8 Å². The molecule has 1 aliphatic heterocycles. The van der Waals surface area contributed by atoms with Crippen LogP contribution in [-0.2, 0) is 16.0 Å². The van der Waals surface area contributed by atoms with Crippen LogP contribution in [-0.4, -0.2) is 17.1 Å².